The average Bonchev–Trinajstić information content (AvgIpc) is 3.04. The quantitative estimate of drug-likeness (QED) is 0.804. The lowest BCUT2D eigenvalue weighted by Gasteiger charge is -2.23. The van der Waals surface area contributed by atoms with Crippen molar-refractivity contribution in [1.29, 1.82) is 0 Å². The van der Waals surface area contributed by atoms with E-state index >= 15 is 0 Å². The van der Waals surface area contributed by atoms with Crippen molar-refractivity contribution in [2.45, 2.75) is 57.1 Å². The molecule has 0 aromatic carbocycles. The lowest BCUT2D eigenvalue weighted by molar-refractivity contribution is 0.104. The fourth-order valence-corrected chi connectivity index (χ4v) is 3.86. The number of carbonyl (C=O) groups is 1. The molecule has 4 nitrogen and oxygen atoms in total. The van der Waals surface area contributed by atoms with Crippen molar-refractivity contribution in [1.82, 2.24) is 10.6 Å². The SMILES string of the molecule is O=C(NCC[C@@H]1CCCO1)N[C@H]1C[C@H]2CC[C@H]1C2. The van der Waals surface area contributed by atoms with E-state index in [-0.39, 0.29) is 6.03 Å². The van der Waals surface area contributed by atoms with Gasteiger partial charge in [0.1, 0.15) is 0 Å². The smallest absolute Gasteiger partial charge is 0.315 e. The maximum Gasteiger partial charge on any atom is 0.315 e. The molecule has 4 atom stereocenters. The van der Waals surface area contributed by atoms with Crippen LogP contribution in [0.4, 0.5) is 4.79 Å². The number of hydrogen-bond donors (Lipinski definition) is 2. The zero-order valence-corrected chi connectivity index (χ0v) is 11.0. The van der Waals surface area contributed by atoms with Crippen LogP contribution in [0, 0.1) is 11.8 Å². The molecule has 0 aromatic heterocycles. The summed E-state index contributed by atoms with van der Waals surface area (Å²) in [4.78, 5) is 11.8. The van der Waals surface area contributed by atoms with Crippen LogP contribution >= 0.6 is 0 Å². The number of rotatable bonds is 4. The van der Waals surface area contributed by atoms with Crippen molar-refractivity contribution < 1.29 is 9.53 Å². The molecule has 0 unspecified atom stereocenters. The Morgan fingerprint density at radius 1 is 1.22 bits per heavy atom. The normalized spacial score (nSPS) is 38.0. The number of fused-ring (bicyclic) bond motifs is 2. The lowest BCUT2D eigenvalue weighted by Crippen LogP contribution is -2.45. The predicted molar refractivity (Wildman–Crippen MR) is 69.4 cm³/mol. The molecular weight excluding hydrogens is 228 g/mol. The van der Waals surface area contributed by atoms with Gasteiger partial charge in [-0.25, -0.2) is 4.79 Å². The minimum absolute atomic E-state index is 0.0190. The highest BCUT2D eigenvalue weighted by atomic mass is 16.5. The molecule has 3 aliphatic rings. The average molecular weight is 252 g/mol. The van der Waals surface area contributed by atoms with Crippen LogP contribution in [-0.4, -0.2) is 31.3 Å². The zero-order valence-electron chi connectivity index (χ0n) is 11.0. The van der Waals surface area contributed by atoms with Gasteiger partial charge in [0.05, 0.1) is 6.10 Å². The molecule has 0 spiro atoms. The maximum atomic E-state index is 11.8. The highest BCUT2D eigenvalue weighted by molar-refractivity contribution is 5.74. The van der Waals surface area contributed by atoms with Crippen LogP contribution in [0.1, 0.15) is 44.9 Å². The van der Waals surface area contributed by atoms with Crippen LogP contribution in [0.25, 0.3) is 0 Å². The molecule has 4 heteroatoms. The van der Waals surface area contributed by atoms with Crippen molar-refractivity contribution in [3.63, 3.8) is 0 Å². The Morgan fingerprint density at radius 2 is 2.17 bits per heavy atom. The van der Waals surface area contributed by atoms with E-state index in [1.54, 1.807) is 0 Å². The predicted octanol–water partition coefficient (Wildman–Crippen LogP) is 2.04. The third-order valence-corrected chi connectivity index (χ3v) is 4.83. The van der Waals surface area contributed by atoms with Crippen molar-refractivity contribution in [2.75, 3.05) is 13.2 Å². The van der Waals surface area contributed by atoms with Gasteiger partial charge in [0.25, 0.3) is 0 Å². The van der Waals surface area contributed by atoms with E-state index in [4.69, 9.17) is 4.74 Å². The number of ether oxygens (including phenoxy) is 1. The monoisotopic (exact) mass is 252 g/mol. The molecule has 0 radical (unpaired) electrons. The van der Waals surface area contributed by atoms with Gasteiger partial charge in [-0.2, -0.15) is 0 Å². The summed E-state index contributed by atoms with van der Waals surface area (Å²) in [6.07, 6.45) is 8.86. The molecule has 1 aliphatic heterocycles. The Bertz CT molecular complexity index is 302. The van der Waals surface area contributed by atoms with Crippen molar-refractivity contribution in [3.8, 4) is 0 Å². The number of nitrogens with one attached hydrogen (secondary N) is 2. The van der Waals surface area contributed by atoms with Crippen molar-refractivity contribution in [2.24, 2.45) is 11.8 Å². The van der Waals surface area contributed by atoms with E-state index in [0.717, 1.165) is 37.8 Å². The summed E-state index contributed by atoms with van der Waals surface area (Å²) in [5.74, 6) is 1.63. The summed E-state index contributed by atoms with van der Waals surface area (Å²) in [6, 6.07) is 0.456. The molecule has 0 aromatic rings. The molecule has 2 amide bonds. The molecule has 3 rings (SSSR count). The second kappa shape index (κ2) is 5.47. The Balaban J connectivity index is 1.32. The number of hydrogen-bond acceptors (Lipinski definition) is 2. The van der Waals surface area contributed by atoms with Gasteiger partial charge >= 0.3 is 6.03 Å². The standard InChI is InChI=1S/C14H24N2O2/c17-14(15-6-5-12-2-1-7-18-12)16-13-9-10-3-4-11(13)8-10/h10-13H,1-9H2,(H2,15,16,17)/t10-,11-,12-,13-/m0/s1. The zero-order chi connectivity index (χ0) is 12.4. The van der Waals surface area contributed by atoms with Gasteiger partial charge < -0.3 is 15.4 Å². The topological polar surface area (TPSA) is 50.4 Å². The summed E-state index contributed by atoms with van der Waals surface area (Å²) in [6.45, 7) is 1.62. The van der Waals surface area contributed by atoms with E-state index in [2.05, 4.69) is 10.6 Å². The fourth-order valence-electron chi connectivity index (χ4n) is 3.86. The third-order valence-electron chi connectivity index (χ3n) is 4.83. The van der Waals surface area contributed by atoms with Gasteiger partial charge in [-0.15, -0.1) is 0 Å². The van der Waals surface area contributed by atoms with Crippen LogP contribution < -0.4 is 10.6 Å². The first-order valence-corrected chi connectivity index (χ1v) is 7.47. The third kappa shape index (κ3) is 2.79. The number of urea groups is 1. The molecule has 2 N–H and O–H groups in total. The van der Waals surface area contributed by atoms with E-state index in [1.807, 2.05) is 0 Å². The molecule has 1 saturated heterocycles. The van der Waals surface area contributed by atoms with E-state index < -0.39 is 0 Å². The van der Waals surface area contributed by atoms with Gasteiger partial charge in [-0.1, -0.05) is 6.42 Å². The largest absolute Gasteiger partial charge is 0.378 e. The first-order valence-electron chi connectivity index (χ1n) is 7.47. The van der Waals surface area contributed by atoms with Gasteiger partial charge in [0.15, 0.2) is 0 Å². The number of carbonyl (C=O) groups excluding carboxylic acids is 1. The second-order valence-corrected chi connectivity index (χ2v) is 6.11. The van der Waals surface area contributed by atoms with E-state index in [9.17, 15) is 4.79 Å². The minimum atomic E-state index is 0.0190. The summed E-state index contributed by atoms with van der Waals surface area (Å²) >= 11 is 0. The van der Waals surface area contributed by atoms with Gasteiger partial charge in [0.2, 0.25) is 0 Å². The fraction of sp³-hybridized carbons (Fsp3) is 0.929. The van der Waals surface area contributed by atoms with Crippen LogP contribution in [0.2, 0.25) is 0 Å². The summed E-state index contributed by atoms with van der Waals surface area (Å²) in [5.41, 5.74) is 0. The Morgan fingerprint density at radius 3 is 2.83 bits per heavy atom. The first kappa shape index (κ1) is 12.3. The Kier molecular flexibility index (Phi) is 3.73. The molecule has 1 heterocycles. The van der Waals surface area contributed by atoms with Gasteiger partial charge in [0, 0.05) is 19.2 Å². The summed E-state index contributed by atoms with van der Waals surface area (Å²) in [5, 5.41) is 6.11. The molecular formula is C14H24N2O2. The summed E-state index contributed by atoms with van der Waals surface area (Å²) in [7, 11) is 0. The highest BCUT2D eigenvalue weighted by Crippen LogP contribution is 2.44. The Labute approximate surface area is 109 Å². The van der Waals surface area contributed by atoms with Gasteiger partial charge in [-0.05, 0) is 50.4 Å². The highest BCUT2D eigenvalue weighted by Gasteiger charge is 2.40. The molecule has 2 aliphatic carbocycles. The molecule has 2 bridgehead atoms. The minimum Gasteiger partial charge on any atom is -0.378 e. The maximum absolute atomic E-state index is 11.8. The van der Waals surface area contributed by atoms with Crippen LogP contribution in [0.5, 0.6) is 0 Å². The van der Waals surface area contributed by atoms with Crippen LogP contribution in [0.3, 0.4) is 0 Å². The molecule has 18 heavy (non-hydrogen) atoms. The van der Waals surface area contributed by atoms with Crippen LogP contribution in [0.15, 0.2) is 0 Å². The molecule has 102 valence electrons. The van der Waals surface area contributed by atoms with Crippen LogP contribution in [-0.2, 0) is 4.74 Å². The van der Waals surface area contributed by atoms with E-state index in [1.165, 1.54) is 32.1 Å². The van der Waals surface area contributed by atoms with Crippen molar-refractivity contribution in [3.05, 3.63) is 0 Å². The molecule has 2 saturated carbocycles. The Hall–Kier alpha value is -0.770. The van der Waals surface area contributed by atoms with E-state index in [0.29, 0.717) is 12.1 Å². The summed E-state index contributed by atoms with van der Waals surface area (Å²) < 4.78 is 5.54. The first-order chi connectivity index (χ1) is 8.81. The van der Waals surface area contributed by atoms with Gasteiger partial charge in [-0.3, -0.25) is 0 Å². The molecule has 3 fully saturated rings. The lowest BCUT2D eigenvalue weighted by atomic mass is 9.95. The van der Waals surface area contributed by atoms with Crippen molar-refractivity contribution >= 4 is 6.03 Å². The second-order valence-electron chi connectivity index (χ2n) is 6.11. The number of amides is 2.